The van der Waals surface area contributed by atoms with Crippen molar-refractivity contribution >= 4 is 50.7 Å². The summed E-state index contributed by atoms with van der Waals surface area (Å²) in [7, 11) is 4.09. The number of para-hydroxylation sites is 2. The normalized spacial score (nSPS) is 16.1. The standard InChI is InChI=1S/C32H35N5O4/c1-35(2)13-8-16-37-20-25(21-9-3-4-12-26(21)37)28-27(30(38)34-31(28)39)24-19-33-29-22(24)10-7-11-23(29)32(40)41-18-17-36-14-5-6-15-36/h3-4,7,9-12,19-20,33H,5-6,8,13-18H2,1-2H3,(H,34,38,39). The first kappa shape index (κ1) is 27.0. The monoisotopic (exact) mass is 553 g/mol. The van der Waals surface area contributed by atoms with Gasteiger partial charge in [-0.2, -0.15) is 0 Å². The second-order valence-corrected chi connectivity index (χ2v) is 11.1. The SMILES string of the molecule is CN(C)CCCn1cc(C2=C(c3c[nH]c4c(C(=O)OCCN5CCCC5)cccc34)C(=O)NC2=O)c2ccccc21. The molecule has 2 aliphatic heterocycles. The number of hydrogen-bond donors (Lipinski definition) is 2. The Morgan fingerprint density at radius 2 is 1.66 bits per heavy atom. The van der Waals surface area contributed by atoms with Crippen LogP contribution in [0.5, 0.6) is 0 Å². The molecular weight excluding hydrogens is 518 g/mol. The van der Waals surface area contributed by atoms with Crippen LogP contribution in [-0.4, -0.2) is 84.0 Å². The van der Waals surface area contributed by atoms with Crippen LogP contribution < -0.4 is 5.32 Å². The minimum atomic E-state index is -0.450. The molecule has 9 heteroatoms. The first-order valence-corrected chi connectivity index (χ1v) is 14.2. The number of aromatic amines is 1. The molecule has 1 saturated heterocycles. The summed E-state index contributed by atoms with van der Waals surface area (Å²) in [6.07, 6.45) is 7.00. The molecule has 2 aromatic carbocycles. The molecule has 2 N–H and O–H groups in total. The Hall–Kier alpha value is -4.21. The number of carbonyl (C=O) groups excluding carboxylic acids is 3. The van der Waals surface area contributed by atoms with E-state index >= 15 is 0 Å². The Labute approximate surface area is 238 Å². The number of likely N-dealkylation sites (tertiary alicyclic amines) is 1. The number of hydrogen-bond acceptors (Lipinski definition) is 6. The van der Waals surface area contributed by atoms with E-state index in [0.717, 1.165) is 55.6 Å². The van der Waals surface area contributed by atoms with Crippen LogP contribution in [0.4, 0.5) is 0 Å². The van der Waals surface area contributed by atoms with E-state index in [0.29, 0.717) is 39.8 Å². The maximum Gasteiger partial charge on any atom is 0.340 e. The smallest absolute Gasteiger partial charge is 0.340 e. The van der Waals surface area contributed by atoms with Crippen molar-refractivity contribution in [3.63, 3.8) is 0 Å². The quantitative estimate of drug-likeness (QED) is 0.228. The molecule has 0 unspecified atom stereocenters. The van der Waals surface area contributed by atoms with Crippen molar-refractivity contribution in [1.29, 1.82) is 0 Å². The molecule has 1 fully saturated rings. The number of amides is 2. The predicted octanol–water partition coefficient (Wildman–Crippen LogP) is 3.89. The highest BCUT2D eigenvalue weighted by Crippen LogP contribution is 2.38. The van der Waals surface area contributed by atoms with Gasteiger partial charge in [0.15, 0.2) is 0 Å². The lowest BCUT2D eigenvalue weighted by Gasteiger charge is -2.14. The van der Waals surface area contributed by atoms with Crippen LogP contribution in [0, 0.1) is 0 Å². The van der Waals surface area contributed by atoms with E-state index in [4.69, 9.17) is 4.74 Å². The lowest BCUT2D eigenvalue weighted by molar-refractivity contribution is -0.122. The zero-order valence-electron chi connectivity index (χ0n) is 23.5. The van der Waals surface area contributed by atoms with E-state index in [1.165, 1.54) is 12.8 Å². The predicted molar refractivity (Wildman–Crippen MR) is 159 cm³/mol. The summed E-state index contributed by atoms with van der Waals surface area (Å²) in [5.74, 6) is -1.29. The first-order valence-electron chi connectivity index (χ1n) is 14.2. The second kappa shape index (κ2) is 11.3. The van der Waals surface area contributed by atoms with Gasteiger partial charge in [0.1, 0.15) is 6.61 Å². The summed E-state index contributed by atoms with van der Waals surface area (Å²) in [5.41, 5.74) is 3.94. The molecule has 4 heterocycles. The van der Waals surface area contributed by atoms with Crippen LogP contribution in [0.25, 0.3) is 33.0 Å². The van der Waals surface area contributed by atoms with Crippen molar-refractivity contribution in [2.75, 3.05) is 46.9 Å². The van der Waals surface area contributed by atoms with Gasteiger partial charge in [-0.25, -0.2) is 4.79 Å². The third-order valence-electron chi connectivity index (χ3n) is 8.04. The summed E-state index contributed by atoms with van der Waals surface area (Å²) < 4.78 is 7.76. The Morgan fingerprint density at radius 3 is 2.44 bits per heavy atom. The molecule has 2 aliphatic rings. The third-order valence-corrected chi connectivity index (χ3v) is 8.04. The Balaban J connectivity index is 1.37. The van der Waals surface area contributed by atoms with Gasteiger partial charge in [-0.3, -0.25) is 19.8 Å². The van der Waals surface area contributed by atoms with Crippen LogP contribution in [0.15, 0.2) is 54.9 Å². The van der Waals surface area contributed by atoms with Crippen molar-refractivity contribution < 1.29 is 19.1 Å². The lowest BCUT2D eigenvalue weighted by atomic mass is 9.95. The van der Waals surface area contributed by atoms with E-state index in [1.54, 1.807) is 18.3 Å². The van der Waals surface area contributed by atoms with Crippen LogP contribution in [0.1, 0.15) is 40.7 Å². The number of nitrogens with zero attached hydrogens (tertiary/aromatic N) is 3. The minimum Gasteiger partial charge on any atom is -0.461 e. The second-order valence-electron chi connectivity index (χ2n) is 11.1. The number of aromatic nitrogens is 2. The number of nitrogens with one attached hydrogen (secondary N) is 2. The van der Waals surface area contributed by atoms with Crippen molar-refractivity contribution in [2.45, 2.75) is 25.8 Å². The molecule has 0 aliphatic carbocycles. The number of H-pyrrole nitrogens is 1. The Kier molecular flexibility index (Phi) is 7.47. The van der Waals surface area contributed by atoms with Gasteiger partial charge in [0.2, 0.25) is 0 Å². The first-order chi connectivity index (χ1) is 19.9. The van der Waals surface area contributed by atoms with E-state index in [9.17, 15) is 14.4 Å². The van der Waals surface area contributed by atoms with Gasteiger partial charge >= 0.3 is 5.97 Å². The van der Waals surface area contributed by atoms with Crippen LogP contribution in [-0.2, 0) is 20.9 Å². The number of rotatable bonds is 10. The molecule has 2 amide bonds. The number of ether oxygens (including phenoxy) is 1. The fourth-order valence-corrected chi connectivity index (χ4v) is 6.04. The molecule has 6 rings (SSSR count). The number of imide groups is 1. The van der Waals surface area contributed by atoms with E-state index in [1.807, 2.05) is 50.6 Å². The van der Waals surface area contributed by atoms with Crippen molar-refractivity contribution in [2.24, 2.45) is 0 Å². The fourth-order valence-electron chi connectivity index (χ4n) is 6.04. The minimum absolute atomic E-state index is 0.303. The van der Waals surface area contributed by atoms with Crippen molar-refractivity contribution in [3.05, 3.63) is 71.5 Å². The highest BCUT2D eigenvalue weighted by atomic mass is 16.5. The number of fused-ring (bicyclic) bond motifs is 2. The van der Waals surface area contributed by atoms with Gasteiger partial charge in [-0.15, -0.1) is 0 Å². The van der Waals surface area contributed by atoms with Crippen LogP contribution in [0.2, 0.25) is 0 Å². The molecule has 0 atom stereocenters. The van der Waals surface area contributed by atoms with E-state index < -0.39 is 17.8 Å². The molecule has 0 saturated carbocycles. The maximum absolute atomic E-state index is 13.3. The summed E-state index contributed by atoms with van der Waals surface area (Å²) >= 11 is 0. The molecule has 0 bridgehead atoms. The molecule has 41 heavy (non-hydrogen) atoms. The number of carbonyl (C=O) groups is 3. The van der Waals surface area contributed by atoms with Gasteiger partial charge in [0.25, 0.3) is 11.8 Å². The van der Waals surface area contributed by atoms with Crippen molar-refractivity contribution in [1.82, 2.24) is 24.7 Å². The van der Waals surface area contributed by atoms with Gasteiger partial charge in [0, 0.05) is 52.9 Å². The van der Waals surface area contributed by atoms with E-state index in [-0.39, 0.29) is 0 Å². The van der Waals surface area contributed by atoms with Crippen LogP contribution in [0.3, 0.4) is 0 Å². The molecule has 0 radical (unpaired) electrons. The summed E-state index contributed by atoms with van der Waals surface area (Å²) in [6, 6.07) is 13.3. The average molecular weight is 554 g/mol. The molecule has 4 aromatic rings. The largest absolute Gasteiger partial charge is 0.461 e. The third kappa shape index (κ3) is 5.18. The molecule has 9 nitrogen and oxygen atoms in total. The lowest BCUT2D eigenvalue weighted by Crippen LogP contribution is -2.25. The Bertz CT molecular complexity index is 1670. The van der Waals surface area contributed by atoms with Gasteiger partial charge in [-0.1, -0.05) is 30.3 Å². The highest BCUT2D eigenvalue weighted by Gasteiger charge is 2.35. The number of aryl methyl sites for hydroxylation is 1. The molecule has 0 spiro atoms. The maximum atomic E-state index is 13.3. The summed E-state index contributed by atoms with van der Waals surface area (Å²) in [6.45, 7) is 4.85. The van der Waals surface area contributed by atoms with Gasteiger partial charge in [-0.05, 0) is 65.1 Å². The molecule has 2 aromatic heterocycles. The zero-order chi connectivity index (χ0) is 28.5. The molecule has 212 valence electrons. The average Bonchev–Trinajstić information content (AvgIpc) is 3.74. The number of esters is 1. The van der Waals surface area contributed by atoms with E-state index in [2.05, 4.69) is 24.7 Å². The number of benzene rings is 2. The van der Waals surface area contributed by atoms with Gasteiger partial charge in [0.05, 0.1) is 22.2 Å². The fraction of sp³-hybridized carbons (Fsp3) is 0.344. The summed E-state index contributed by atoms with van der Waals surface area (Å²) in [5, 5.41) is 4.11. The summed E-state index contributed by atoms with van der Waals surface area (Å²) in [4.78, 5) is 47.2. The topological polar surface area (TPSA) is 99.7 Å². The zero-order valence-corrected chi connectivity index (χ0v) is 23.5. The van der Waals surface area contributed by atoms with Gasteiger partial charge < -0.3 is 19.2 Å². The van der Waals surface area contributed by atoms with Crippen LogP contribution >= 0.6 is 0 Å². The molecular formula is C32H35N5O4. The highest BCUT2D eigenvalue weighted by molar-refractivity contribution is 6.50. The van der Waals surface area contributed by atoms with Crippen molar-refractivity contribution in [3.8, 4) is 0 Å². The Morgan fingerprint density at radius 1 is 0.927 bits per heavy atom.